The first-order chi connectivity index (χ1) is 7.08. The number of hydrogen-bond donors (Lipinski definition) is 0. The van der Waals surface area contributed by atoms with Crippen LogP contribution in [0.1, 0.15) is 52.9 Å². The number of aldehydes is 1. The average molecular weight is 214 g/mol. The molecule has 0 aromatic heterocycles. The van der Waals surface area contributed by atoms with Crippen molar-refractivity contribution in [2.45, 2.75) is 52.9 Å². The molecule has 1 unspecified atom stereocenters. The minimum Gasteiger partial charge on any atom is -0.466 e. The maximum atomic E-state index is 11.3. The molecule has 0 aliphatic heterocycles. The second kappa shape index (κ2) is 7.43. The second-order valence-corrected chi connectivity index (χ2v) is 4.20. The van der Waals surface area contributed by atoms with Gasteiger partial charge in [0.15, 0.2) is 0 Å². The van der Waals surface area contributed by atoms with E-state index in [-0.39, 0.29) is 11.4 Å². The maximum absolute atomic E-state index is 11.3. The van der Waals surface area contributed by atoms with E-state index in [1.165, 1.54) is 0 Å². The molecule has 0 radical (unpaired) electrons. The van der Waals surface area contributed by atoms with Crippen molar-refractivity contribution in [3.8, 4) is 0 Å². The monoisotopic (exact) mass is 214 g/mol. The first-order valence-corrected chi connectivity index (χ1v) is 5.70. The second-order valence-electron chi connectivity index (χ2n) is 4.20. The van der Waals surface area contributed by atoms with Gasteiger partial charge in [0.05, 0.1) is 6.61 Å². The molecule has 0 heterocycles. The van der Waals surface area contributed by atoms with Crippen LogP contribution in [-0.2, 0) is 14.3 Å². The van der Waals surface area contributed by atoms with Gasteiger partial charge < -0.3 is 9.53 Å². The van der Waals surface area contributed by atoms with E-state index in [1.54, 1.807) is 0 Å². The first-order valence-electron chi connectivity index (χ1n) is 5.70. The summed E-state index contributed by atoms with van der Waals surface area (Å²) in [6.07, 6.45) is 4.55. The SMILES string of the molecule is CCCCOC(=O)CCC(C)(C=O)CC. The highest BCUT2D eigenvalue weighted by atomic mass is 16.5. The van der Waals surface area contributed by atoms with Gasteiger partial charge in [0.1, 0.15) is 6.29 Å². The molecule has 0 rings (SSSR count). The fourth-order valence-electron chi connectivity index (χ4n) is 1.11. The molecule has 0 saturated heterocycles. The van der Waals surface area contributed by atoms with Gasteiger partial charge in [-0.25, -0.2) is 0 Å². The molecule has 3 nitrogen and oxygen atoms in total. The van der Waals surface area contributed by atoms with Gasteiger partial charge in [0, 0.05) is 11.8 Å². The van der Waals surface area contributed by atoms with Crippen LogP contribution in [0, 0.1) is 5.41 Å². The van der Waals surface area contributed by atoms with Gasteiger partial charge in [-0.2, -0.15) is 0 Å². The molecule has 0 bridgehead atoms. The third-order valence-electron chi connectivity index (χ3n) is 2.75. The van der Waals surface area contributed by atoms with E-state index in [2.05, 4.69) is 0 Å². The standard InChI is InChI=1S/C12H22O3/c1-4-6-9-15-11(14)7-8-12(3,5-2)10-13/h10H,4-9H2,1-3H3. The van der Waals surface area contributed by atoms with Crippen molar-refractivity contribution < 1.29 is 14.3 Å². The van der Waals surface area contributed by atoms with Crippen molar-refractivity contribution in [3.05, 3.63) is 0 Å². The van der Waals surface area contributed by atoms with Gasteiger partial charge in [-0.15, -0.1) is 0 Å². The highest BCUT2D eigenvalue weighted by Gasteiger charge is 2.22. The predicted molar refractivity (Wildman–Crippen MR) is 59.6 cm³/mol. The zero-order valence-corrected chi connectivity index (χ0v) is 10.0. The average Bonchev–Trinajstić information content (AvgIpc) is 2.26. The van der Waals surface area contributed by atoms with Gasteiger partial charge in [0.25, 0.3) is 0 Å². The van der Waals surface area contributed by atoms with Crippen LogP contribution in [-0.4, -0.2) is 18.9 Å². The number of esters is 1. The number of unbranched alkanes of at least 4 members (excludes halogenated alkanes) is 1. The summed E-state index contributed by atoms with van der Waals surface area (Å²) in [6, 6.07) is 0. The predicted octanol–water partition coefficient (Wildman–Crippen LogP) is 2.73. The van der Waals surface area contributed by atoms with E-state index in [4.69, 9.17) is 4.74 Å². The number of hydrogen-bond acceptors (Lipinski definition) is 3. The van der Waals surface area contributed by atoms with Crippen LogP contribution in [0.5, 0.6) is 0 Å². The molecule has 0 aromatic rings. The molecule has 3 heteroatoms. The highest BCUT2D eigenvalue weighted by Crippen LogP contribution is 2.24. The topological polar surface area (TPSA) is 43.4 Å². The van der Waals surface area contributed by atoms with Crippen LogP contribution in [0.2, 0.25) is 0 Å². The lowest BCUT2D eigenvalue weighted by molar-refractivity contribution is -0.144. The lowest BCUT2D eigenvalue weighted by Gasteiger charge is -2.19. The van der Waals surface area contributed by atoms with Crippen molar-refractivity contribution in [2.75, 3.05) is 6.61 Å². The molecule has 0 fully saturated rings. The fourth-order valence-corrected chi connectivity index (χ4v) is 1.11. The summed E-state index contributed by atoms with van der Waals surface area (Å²) in [5, 5.41) is 0. The summed E-state index contributed by atoms with van der Waals surface area (Å²) in [4.78, 5) is 22.0. The Morgan fingerprint density at radius 1 is 1.40 bits per heavy atom. The van der Waals surface area contributed by atoms with E-state index in [9.17, 15) is 9.59 Å². The molecule has 88 valence electrons. The summed E-state index contributed by atoms with van der Waals surface area (Å²) in [6.45, 7) is 6.38. The third kappa shape index (κ3) is 6.26. The van der Waals surface area contributed by atoms with Gasteiger partial charge in [0.2, 0.25) is 0 Å². The van der Waals surface area contributed by atoms with Gasteiger partial charge in [-0.1, -0.05) is 27.2 Å². The smallest absolute Gasteiger partial charge is 0.305 e. The van der Waals surface area contributed by atoms with Crippen molar-refractivity contribution in [3.63, 3.8) is 0 Å². The normalized spacial score (nSPS) is 14.3. The molecular weight excluding hydrogens is 192 g/mol. The minimum atomic E-state index is -0.371. The Balaban J connectivity index is 3.74. The quantitative estimate of drug-likeness (QED) is 0.354. The van der Waals surface area contributed by atoms with E-state index in [0.29, 0.717) is 19.4 Å². The Morgan fingerprint density at radius 3 is 2.53 bits per heavy atom. The summed E-state index contributed by atoms with van der Waals surface area (Å²) in [7, 11) is 0. The summed E-state index contributed by atoms with van der Waals surface area (Å²) in [5.74, 6) is -0.190. The van der Waals surface area contributed by atoms with E-state index in [0.717, 1.165) is 25.5 Å². The Kier molecular flexibility index (Phi) is 7.01. The lowest BCUT2D eigenvalue weighted by atomic mass is 9.84. The summed E-state index contributed by atoms with van der Waals surface area (Å²) in [5.41, 5.74) is -0.371. The Morgan fingerprint density at radius 2 is 2.07 bits per heavy atom. The van der Waals surface area contributed by atoms with E-state index in [1.807, 2.05) is 20.8 Å². The molecule has 15 heavy (non-hydrogen) atoms. The molecule has 0 aromatic carbocycles. The van der Waals surface area contributed by atoms with E-state index >= 15 is 0 Å². The molecule has 0 saturated carbocycles. The largest absolute Gasteiger partial charge is 0.466 e. The Hall–Kier alpha value is -0.860. The number of ether oxygens (including phenoxy) is 1. The van der Waals surface area contributed by atoms with Crippen LogP contribution in [0.4, 0.5) is 0 Å². The molecular formula is C12H22O3. The zero-order valence-electron chi connectivity index (χ0n) is 10.0. The van der Waals surface area contributed by atoms with Crippen molar-refractivity contribution in [1.29, 1.82) is 0 Å². The van der Waals surface area contributed by atoms with Crippen molar-refractivity contribution in [1.82, 2.24) is 0 Å². The van der Waals surface area contributed by atoms with Crippen LogP contribution in [0.15, 0.2) is 0 Å². The van der Waals surface area contributed by atoms with Gasteiger partial charge in [-0.05, 0) is 19.3 Å². The lowest BCUT2D eigenvalue weighted by Crippen LogP contribution is -2.19. The van der Waals surface area contributed by atoms with Crippen molar-refractivity contribution in [2.24, 2.45) is 5.41 Å². The van der Waals surface area contributed by atoms with Crippen LogP contribution < -0.4 is 0 Å². The van der Waals surface area contributed by atoms with Gasteiger partial charge in [-0.3, -0.25) is 4.79 Å². The van der Waals surface area contributed by atoms with Crippen LogP contribution >= 0.6 is 0 Å². The molecule has 1 atom stereocenters. The molecule has 0 aliphatic rings. The summed E-state index contributed by atoms with van der Waals surface area (Å²) >= 11 is 0. The van der Waals surface area contributed by atoms with Crippen LogP contribution in [0.25, 0.3) is 0 Å². The minimum absolute atomic E-state index is 0.190. The van der Waals surface area contributed by atoms with Crippen LogP contribution in [0.3, 0.4) is 0 Å². The number of carbonyl (C=O) groups is 2. The molecule has 0 amide bonds. The van der Waals surface area contributed by atoms with Gasteiger partial charge >= 0.3 is 5.97 Å². The molecule has 0 aliphatic carbocycles. The molecule has 0 spiro atoms. The van der Waals surface area contributed by atoms with Crippen molar-refractivity contribution >= 4 is 12.3 Å². The Bertz CT molecular complexity index is 201. The number of carbonyl (C=O) groups excluding carboxylic acids is 2. The number of rotatable bonds is 8. The Labute approximate surface area is 92.2 Å². The molecule has 0 N–H and O–H groups in total. The maximum Gasteiger partial charge on any atom is 0.305 e. The zero-order chi connectivity index (χ0) is 11.7. The fraction of sp³-hybridized carbons (Fsp3) is 0.833. The first kappa shape index (κ1) is 14.1. The summed E-state index contributed by atoms with van der Waals surface area (Å²) < 4.78 is 5.01. The van der Waals surface area contributed by atoms with E-state index < -0.39 is 0 Å². The highest BCUT2D eigenvalue weighted by molar-refractivity contribution is 5.70. The third-order valence-corrected chi connectivity index (χ3v) is 2.75.